The molecule has 2 aromatic carbocycles. The van der Waals surface area contributed by atoms with E-state index in [0.29, 0.717) is 5.69 Å². The molecular weight excluding hydrogens is 365 g/mol. The highest BCUT2D eigenvalue weighted by molar-refractivity contribution is 8.01. The molecule has 0 aliphatic heterocycles. The van der Waals surface area contributed by atoms with Gasteiger partial charge in [0.15, 0.2) is 0 Å². The molecule has 0 radical (unpaired) electrons. The third-order valence-electron chi connectivity index (χ3n) is 3.74. The Balaban J connectivity index is 1.79. The molecule has 0 bridgehead atoms. The van der Waals surface area contributed by atoms with Gasteiger partial charge in [-0.3, -0.25) is 9.59 Å². The second kappa shape index (κ2) is 10.7. The van der Waals surface area contributed by atoms with Gasteiger partial charge in [0.1, 0.15) is 5.82 Å². The molecule has 3 N–H and O–H groups in total. The van der Waals surface area contributed by atoms with E-state index in [9.17, 15) is 14.0 Å². The number of nitrogens with one attached hydrogen (secondary N) is 3. The largest absolute Gasteiger partial charge is 0.325 e. The van der Waals surface area contributed by atoms with Crippen LogP contribution in [0.4, 0.5) is 15.8 Å². The Bertz CT molecular complexity index is 768. The van der Waals surface area contributed by atoms with Gasteiger partial charge in [0.2, 0.25) is 11.8 Å². The van der Waals surface area contributed by atoms with Gasteiger partial charge in [0.25, 0.3) is 0 Å². The Morgan fingerprint density at radius 1 is 1.07 bits per heavy atom. The maximum absolute atomic E-state index is 12.9. The van der Waals surface area contributed by atoms with Crippen molar-refractivity contribution in [3.05, 3.63) is 59.9 Å². The Morgan fingerprint density at radius 2 is 1.81 bits per heavy atom. The number of carbonyl (C=O) groups excluding carboxylic acids is 2. The fourth-order valence-corrected chi connectivity index (χ4v) is 2.96. The maximum Gasteiger partial charge on any atom is 0.237 e. The van der Waals surface area contributed by atoms with E-state index < -0.39 is 0 Å². The molecular formula is C20H24FN3O2S. The van der Waals surface area contributed by atoms with Gasteiger partial charge in [0, 0.05) is 17.9 Å². The first-order valence-corrected chi connectivity index (χ1v) is 9.80. The summed E-state index contributed by atoms with van der Waals surface area (Å²) < 4.78 is 12.9. The summed E-state index contributed by atoms with van der Waals surface area (Å²) in [7, 11) is 0. The van der Waals surface area contributed by atoms with Crippen molar-refractivity contribution in [2.45, 2.75) is 25.6 Å². The van der Waals surface area contributed by atoms with Crippen LogP contribution < -0.4 is 16.0 Å². The van der Waals surface area contributed by atoms with Crippen molar-refractivity contribution in [3.8, 4) is 0 Å². The highest BCUT2D eigenvalue weighted by atomic mass is 32.2. The van der Waals surface area contributed by atoms with E-state index >= 15 is 0 Å². The standard InChI is InChI=1S/C20H24FN3O2S/c1-3-22-12-15-5-4-6-18(11-15)24-20(26)14(2)27-13-19(25)23-17-9-7-16(21)8-10-17/h4-11,14,22H,3,12-13H2,1-2H3,(H,23,25)(H,24,26). The lowest BCUT2D eigenvalue weighted by atomic mass is 10.2. The number of anilines is 2. The number of rotatable bonds is 9. The first-order chi connectivity index (χ1) is 13.0. The molecule has 2 amide bonds. The summed E-state index contributed by atoms with van der Waals surface area (Å²) in [6.07, 6.45) is 0. The summed E-state index contributed by atoms with van der Waals surface area (Å²) in [4.78, 5) is 24.3. The number of hydrogen-bond donors (Lipinski definition) is 3. The van der Waals surface area contributed by atoms with Gasteiger partial charge in [-0.05, 0) is 55.4 Å². The van der Waals surface area contributed by atoms with Crippen molar-refractivity contribution in [2.24, 2.45) is 0 Å². The molecule has 0 aliphatic carbocycles. The molecule has 0 aromatic heterocycles. The normalized spacial score (nSPS) is 11.7. The zero-order chi connectivity index (χ0) is 19.6. The monoisotopic (exact) mass is 389 g/mol. The summed E-state index contributed by atoms with van der Waals surface area (Å²) in [6.45, 7) is 5.42. The lowest BCUT2D eigenvalue weighted by molar-refractivity contribution is -0.115. The van der Waals surface area contributed by atoms with Crippen LogP contribution in [0.25, 0.3) is 0 Å². The van der Waals surface area contributed by atoms with Crippen LogP contribution in [-0.4, -0.2) is 29.4 Å². The highest BCUT2D eigenvalue weighted by Gasteiger charge is 2.15. The quantitative estimate of drug-likeness (QED) is 0.612. The minimum absolute atomic E-state index is 0.131. The maximum atomic E-state index is 12.9. The number of benzene rings is 2. The topological polar surface area (TPSA) is 70.2 Å². The molecule has 27 heavy (non-hydrogen) atoms. The van der Waals surface area contributed by atoms with E-state index in [0.717, 1.165) is 24.3 Å². The van der Waals surface area contributed by atoms with Crippen LogP contribution in [0.2, 0.25) is 0 Å². The number of hydrogen-bond acceptors (Lipinski definition) is 4. The van der Waals surface area contributed by atoms with Gasteiger partial charge in [0.05, 0.1) is 11.0 Å². The van der Waals surface area contributed by atoms with Crippen molar-refractivity contribution in [1.29, 1.82) is 0 Å². The van der Waals surface area contributed by atoms with Crippen molar-refractivity contribution in [2.75, 3.05) is 22.9 Å². The Kier molecular flexibility index (Phi) is 8.29. The van der Waals surface area contributed by atoms with E-state index in [1.54, 1.807) is 6.92 Å². The Morgan fingerprint density at radius 3 is 2.52 bits per heavy atom. The van der Waals surface area contributed by atoms with Crippen molar-refractivity contribution >= 4 is 35.0 Å². The van der Waals surface area contributed by atoms with Crippen LogP contribution in [0.3, 0.4) is 0 Å². The zero-order valence-electron chi connectivity index (χ0n) is 15.4. The smallest absolute Gasteiger partial charge is 0.237 e. The van der Waals surface area contributed by atoms with E-state index in [1.165, 1.54) is 36.0 Å². The van der Waals surface area contributed by atoms with Crippen LogP contribution >= 0.6 is 11.8 Å². The second-order valence-corrected chi connectivity index (χ2v) is 7.31. The number of halogens is 1. The molecule has 0 fully saturated rings. The van der Waals surface area contributed by atoms with Gasteiger partial charge in [-0.15, -0.1) is 11.8 Å². The highest BCUT2D eigenvalue weighted by Crippen LogP contribution is 2.16. The molecule has 7 heteroatoms. The minimum Gasteiger partial charge on any atom is -0.325 e. The summed E-state index contributed by atoms with van der Waals surface area (Å²) in [6, 6.07) is 13.2. The van der Waals surface area contributed by atoms with Crippen LogP contribution in [0.5, 0.6) is 0 Å². The van der Waals surface area contributed by atoms with Crippen molar-refractivity contribution < 1.29 is 14.0 Å². The zero-order valence-corrected chi connectivity index (χ0v) is 16.2. The minimum atomic E-state index is -0.388. The molecule has 144 valence electrons. The summed E-state index contributed by atoms with van der Waals surface area (Å²) in [5.41, 5.74) is 2.35. The lowest BCUT2D eigenvalue weighted by Crippen LogP contribution is -2.25. The van der Waals surface area contributed by atoms with Crippen LogP contribution in [-0.2, 0) is 16.1 Å². The predicted molar refractivity (Wildman–Crippen MR) is 109 cm³/mol. The van der Waals surface area contributed by atoms with Gasteiger partial charge >= 0.3 is 0 Å². The Labute approximate surface area is 163 Å². The Hall–Kier alpha value is -2.38. The summed E-state index contributed by atoms with van der Waals surface area (Å²) in [5, 5.41) is 8.41. The van der Waals surface area contributed by atoms with Crippen LogP contribution in [0, 0.1) is 5.82 Å². The first-order valence-electron chi connectivity index (χ1n) is 8.75. The summed E-state index contributed by atoms with van der Waals surface area (Å²) >= 11 is 1.24. The third-order valence-corrected chi connectivity index (χ3v) is 4.88. The number of thioether (sulfide) groups is 1. The van der Waals surface area contributed by atoms with Gasteiger partial charge < -0.3 is 16.0 Å². The molecule has 2 rings (SSSR count). The molecule has 0 heterocycles. The fraction of sp³-hybridized carbons (Fsp3) is 0.300. The molecule has 0 spiro atoms. The van der Waals surface area contributed by atoms with Crippen LogP contribution in [0.1, 0.15) is 19.4 Å². The fourth-order valence-electron chi connectivity index (χ4n) is 2.28. The second-order valence-electron chi connectivity index (χ2n) is 5.98. The molecule has 2 aromatic rings. The average Bonchev–Trinajstić information content (AvgIpc) is 2.66. The summed E-state index contributed by atoms with van der Waals surface area (Å²) in [5.74, 6) is -0.622. The molecule has 1 atom stereocenters. The van der Waals surface area contributed by atoms with E-state index in [2.05, 4.69) is 16.0 Å². The molecule has 5 nitrogen and oxygen atoms in total. The first kappa shape index (κ1) is 20.9. The van der Waals surface area contributed by atoms with Crippen LogP contribution in [0.15, 0.2) is 48.5 Å². The molecule has 0 aliphatic rings. The SMILES string of the molecule is CCNCc1cccc(NC(=O)C(C)SCC(=O)Nc2ccc(F)cc2)c1. The van der Waals surface area contributed by atoms with E-state index in [1.807, 2.05) is 31.2 Å². The predicted octanol–water partition coefficient (Wildman–Crippen LogP) is 3.63. The van der Waals surface area contributed by atoms with Gasteiger partial charge in [-0.25, -0.2) is 4.39 Å². The third kappa shape index (κ3) is 7.40. The molecule has 0 saturated heterocycles. The number of carbonyl (C=O) groups is 2. The molecule has 0 saturated carbocycles. The van der Waals surface area contributed by atoms with Crippen molar-refractivity contribution in [1.82, 2.24) is 5.32 Å². The van der Waals surface area contributed by atoms with Crippen molar-refractivity contribution in [3.63, 3.8) is 0 Å². The lowest BCUT2D eigenvalue weighted by Gasteiger charge is -2.13. The van der Waals surface area contributed by atoms with Gasteiger partial charge in [-0.1, -0.05) is 19.1 Å². The molecule has 1 unspecified atom stereocenters. The van der Waals surface area contributed by atoms with Gasteiger partial charge in [-0.2, -0.15) is 0 Å². The van der Waals surface area contributed by atoms with E-state index in [4.69, 9.17) is 0 Å². The average molecular weight is 389 g/mol. The number of amides is 2. The van der Waals surface area contributed by atoms with E-state index in [-0.39, 0.29) is 28.6 Å².